The molecule has 6 aliphatic rings. The molecule has 2 heterocycles. The van der Waals surface area contributed by atoms with Crippen LogP contribution in [0.25, 0.3) is 0 Å². The lowest BCUT2D eigenvalue weighted by molar-refractivity contribution is -0.264. The van der Waals surface area contributed by atoms with E-state index >= 15 is 0 Å². The molecule has 8 rings (SSSR count). The summed E-state index contributed by atoms with van der Waals surface area (Å²) in [7, 11) is 5.64. The molecule has 0 unspecified atom stereocenters. The fourth-order valence-electron chi connectivity index (χ4n) is 8.79. The average Bonchev–Trinajstić information content (AvgIpc) is 3.24. The van der Waals surface area contributed by atoms with E-state index in [4.69, 9.17) is 18.9 Å². The summed E-state index contributed by atoms with van der Waals surface area (Å²) in [6.07, 6.45) is 2.69. The van der Waals surface area contributed by atoms with Crippen LogP contribution in [0.15, 0.2) is 42.5 Å². The standard InChI is InChI=1S/C29H33NO5/c1-30-12-11-27-24-19-9-10-21(32-2)25(24)35-26(27)29(33-3)15-23(31)28(27,22(30)13-19)14-20(29)17-34-16-18-7-5-4-6-8-18/h4-10,20,22,26H,11-17H2,1-3H3/t20-,22-,26+,27+,28-,29-/m1/s1. The predicted octanol–water partition coefficient (Wildman–Crippen LogP) is 3.54. The van der Waals surface area contributed by atoms with Gasteiger partial charge in [-0.05, 0) is 50.0 Å². The molecule has 2 spiro atoms. The Morgan fingerprint density at radius 1 is 1.11 bits per heavy atom. The van der Waals surface area contributed by atoms with Crippen molar-refractivity contribution in [3.8, 4) is 11.5 Å². The minimum Gasteiger partial charge on any atom is -0.493 e. The number of methoxy groups -OCH3 is 2. The van der Waals surface area contributed by atoms with Gasteiger partial charge in [0.05, 0.1) is 31.2 Å². The van der Waals surface area contributed by atoms with Gasteiger partial charge in [0.2, 0.25) is 0 Å². The molecule has 4 fully saturated rings. The lowest BCUT2D eigenvalue weighted by Crippen LogP contribution is -2.84. The van der Waals surface area contributed by atoms with Crippen molar-refractivity contribution in [2.75, 3.05) is 34.4 Å². The molecule has 4 aliphatic carbocycles. The van der Waals surface area contributed by atoms with E-state index in [1.807, 2.05) is 24.3 Å². The molecule has 6 atom stereocenters. The average molecular weight is 476 g/mol. The van der Waals surface area contributed by atoms with Crippen molar-refractivity contribution in [3.63, 3.8) is 0 Å². The van der Waals surface area contributed by atoms with Crippen LogP contribution in [0.1, 0.15) is 36.0 Å². The summed E-state index contributed by atoms with van der Waals surface area (Å²) in [6, 6.07) is 14.6. The third kappa shape index (κ3) is 2.43. The van der Waals surface area contributed by atoms with Crippen LogP contribution in [0.5, 0.6) is 11.5 Å². The van der Waals surface area contributed by atoms with E-state index in [9.17, 15) is 4.79 Å². The number of ether oxygens (including phenoxy) is 4. The fourth-order valence-corrected chi connectivity index (χ4v) is 8.79. The molecule has 1 saturated heterocycles. The number of fused-ring (bicyclic) bond motifs is 2. The Balaban J connectivity index is 1.36. The van der Waals surface area contributed by atoms with E-state index in [1.54, 1.807) is 14.2 Å². The second-order valence-electron chi connectivity index (χ2n) is 11.2. The monoisotopic (exact) mass is 475 g/mol. The van der Waals surface area contributed by atoms with Gasteiger partial charge < -0.3 is 23.8 Å². The highest BCUT2D eigenvalue weighted by atomic mass is 16.6. The van der Waals surface area contributed by atoms with E-state index in [-0.39, 0.29) is 23.5 Å². The van der Waals surface area contributed by atoms with Gasteiger partial charge in [-0.3, -0.25) is 4.79 Å². The first-order valence-electron chi connectivity index (χ1n) is 12.8. The Labute approximate surface area is 206 Å². The highest BCUT2D eigenvalue weighted by Crippen LogP contribution is 2.75. The van der Waals surface area contributed by atoms with E-state index in [1.165, 1.54) is 11.1 Å². The van der Waals surface area contributed by atoms with Crippen molar-refractivity contribution in [3.05, 3.63) is 59.2 Å². The van der Waals surface area contributed by atoms with Crippen LogP contribution in [-0.4, -0.2) is 62.8 Å². The van der Waals surface area contributed by atoms with Crippen LogP contribution < -0.4 is 9.47 Å². The Morgan fingerprint density at radius 3 is 2.71 bits per heavy atom. The maximum absolute atomic E-state index is 14.3. The molecule has 0 N–H and O–H groups in total. The highest BCUT2D eigenvalue weighted by molar-refractivity contribution is 5.94. The topological polar surface area (TPSA) is 57.2 Å². The third-order valence-corrected chi connectivity index (χ3v) is 10.2. The van der Waals surface area contributed by atoms with E-state index in [2.05, 4.69) is 30.1 Å². The molecule has 35 heavy (non-hydrogen) atoms. The first-order chi connectivity index (χ1) is 17.0. The Kier molecular flexibility index (Phi) is 4.56. The Hall–Kier alpha value is -2.41. The Morgan fingerprint density at radius 2 is 1.94 bits per heavy atom. The molecule has 3 saturated carbocycles. The number of Topliss-reactive ketones (excluding diaryl/α,β-unsaturated/α-hetero) is 1. The van der Waals surface area contributed by atoms with Gasteiger partial charge in [0.25, 0.3) is 0 Å². The molecule has 0 radical (unpaired) electrons. The summed E-state index contributed by atoms with van der Waals surface area (Å²) in [5.74, 6) is 2.01. The lowest BCUT2D eigenvalue weighted by Gasteiger charge is -2.72. The smallest absolute Gasteiger partial charge is 0.165 e. The van der Waals surface area contributed by atoms with Crippen LogP contribution in [0, 0.1) is 11.3 Å². The first kappa shape index (κ1) is 21.8. The number of benzene rings is 2. The van der Waals surface area contributed by atoms with Gasteiger partial charge in [0.15, 0.2) is 11.5 Å². The summed E-state index contributed by atoms with van der Waals surface area (Å²) in [5.41, 5.74) is 2.10. The second-order valence-corrected chi connectivity index (χ2v) is 11.2. The molecule has 6 heteroatoms. The van der Waals surface area contributed by atoms with Crippen LogP contribution in [-0.2, 0) is 32.7 Å². The maximum atomic E-state index is 14.3. The number of likely N-dealkylation sites (N-methyl/N-ethyl adjacent to an activating group) is 1. The zero-order chi connectivity index (χ0) is 24.0. The number of carbonyl (C=O) groups is 1. The number of rotatable bonds is 6. The highest BCUT2D eigenvalue weighted by Gasteiger charge is 2.83. The molecular formula is C29H33NO5. The molecular weight excluding hydrogens is 442 g/mol. The number of piperidine rings is 1. The molecule has 0 aromatic heterocycles. The SMILES string of the molecule is COc1ccc2c3c1O[C@@H]1[C@@]4(OC)CC(=O)[C@@]5(C[C@@H]4COCc4ccccc4)[C@@H](C2)N(C)CC[C@]315. The molecule has 4 bridgehead atoms. The number of nitrogens with zero attached hydrogens (tertiary/aromatic N) is 1. The van der Waals surface area contributed by atoms with Crippen molar-refractivity contribution in [2.24, 2.45) is 11.3 Å². The van der Waals surface area contributed by atoms with E-state index < -0.39 is 11.0 Å². The van der Waals surface area contributed by atoms with Crippen molar-refractivity contribution in [1.82, 2.24) is 4.90 Å². The van der Waals surface area contributed by atoms with Crippen LogP contribution in [0.2, 0.25) is 0 Å². The normalized spacial score (nSPS) is 38.3. The van der Waals surface area contributed by atoms with Crippen molar-refractivity contribution in [1.29, 1.82) is 0 Å². The molecule has 2 aliphatic heterocycles. The molecule has 2 aromatic carbocycles. The van der Waals surface area contributed by atoms with Gasteiger partial charge in [-0.1, -0.05) is 36.4 Å². The van der Waals surface area contributed by atoms with Gasteiger partial charge in [-0.25, -0.2) is 0 Å². The number of ketones is 1. The van der Waals surface area contributed by atoms with Gasteiger partial charge in [0.1, 0.15) is 17.5 Å². The summed E-state index contributed by atoms with van der Waals surface area (Å²) in [5, 5.41) is 0. The minimum atomic E-state index is -0.714. The van der Waals surface area contributed by atoms with E-state index in [0.29, 0.717) is 25.4 Å². The summed E-state index contributed by atoms with van der Waals surface area (Å²) < 4.78 is 25.4. The van der Waals surface area contributed by atoms with Crippen molar-refractivity contribution >= 4 is 5.78 Å². The number of hydrogen-bond donors (Lipinski definition) is 0. The van der Waals surface area contributed by atoms with Gasteiger partial charge in [-0.15, -0.1) is 0 Å². The van der Waals surface area contributed by atoms with Crippen LogP contribution in [0.3, 0.4) is 0 Å². The van der Waals surface area contributed by atoms with Crippen molar-refractivity contribution in [2.45, 2.75) is 55.5 Å². The summed E-state index contributed by atoms with van der Waals surface area (Å²) in [4.78, 5) is 16.7. The Bertz CT molecular complexity index is 1200. The predicted molar refractivity (Wildman–Crippen MR) is 130 cm³/mol. The number of hydrogen-bond acceptors (Lipinski definition) is 6. The summed E-state index contributed by atoms with van der Waals surface area (Å²) >= 11 is 0. The zero-order valence-electron chi connectivity index (χ0n) is 20.7. The van der Waals surface area contributed by atoms with Gasteiger partial charge in [0, 0.05) is 31.1 Å². The quantitative estimate of drug-likeness (QED) is 0.637. The third-order valence-electron chi connectivity index (χ3n) is 10.2. The van der Waals surface area contributed by atoms with Crippen LogP contribution >= 0.6 is 0 Å². The minimum absolute atomic E-state index is 0.0721. The number of likely N-dealkylation sites (tertiary alicyclic amines) is 1. The zero-order valence-corrected chi connectivity index (χ0v) is 20.7. The van der Waals surface area contributed by atoms with Gasteiger partial charge >= 0.3 is 0 Å². The van der Waals surface area contributed by atoms with Crippen LogP contribution in [0.4, 0.5) is 0 Å². The molecule has 0 amide bonds. The number of carbonyl (C=O) groups excluding carboxylic acids is 1. The summed E-state index contributed by atoms with van der Waals surface area (Å²) in [6.45, 7) is 2.05. The molecule has 6 nitrogen and oxygen atoms in total. The largest absolute Gasteiger partial charge is 0.493 e. The maximum Gasteiger partial charge on any atom is 0.165 e. The second kappa shape index (κ2) is 7.31. The molecule has 2 aromatic rings. The van der Waals surface area contributed by atoms with Gasteiger partial charge in [-0.2, -0.15) is 0 Å². The van der Waals surface area contributed by atoms with Crippen molar-refractivity contribution < 1.29 is 23.7 Å². The lowest BCUT2D eigenvalue weighted by atomic mass is 9.34. The molecule has 184 valence electrons. The fraction of sp³-hybridized carbons (Fsp3) is 0.552. The first-order valence-corrected chi connectivity index (χ1v) is 12.8. The van der Waals surface area contributed by atoms with E-state index in [0.717, 1.165) is 42.9 Å².